The van der Waals surface area contributed by atoms with E-state index in [4.69, 9.17) is 14.2 Å². The SMILES string of the molecule is C=C/C=C1/OCO/C1=C/CCN1CCN(CC(O)COC)CC1.CC. The van der Waals surface area contributed by atoms with Crippen LogP contribution in [0.15, 0.2) is 36.3 Å². The number of aliphatic hydroxyl groups excluding tert-OH is 1. The van der Waals surface area contributed by atoms with E-state index in [0.29, 0.717) is 13.2 Å². The Hall–Kier alpha value is -1.34. The van der Waals surface area contributed by atoms with Crippen molar-refractivity contribution < 1.29 is 19.3 Å². The Morgan fingerprint density at radius 3 is 2.44 bits per heavy atom. The molecule has 0 spiro atoms. The highest BCUT2D eigenvalue weighted by Gasteiger charge is 2.19. The molecule has 2 aliphatic rings. The van der Waals surface area contributed by atoms with E-state index in [9.17, 15) is 5.11 Å². The van der Waals surface area contributed by atoms with E-state index >= 15 is 0 Å². The van der Waals surface area contributed by atoms with E-state index in [-0.39, 0.29) is 6.79 Å². The fourth-order valence-electron chi connectivity index (χ4n) is 2.81. The Morgan fingerprint density at radius 2 is 1.80 bits per heavy atom. The molecule has 1 atom stereocenters. The van der Waals surface area contributed by atoms with Crippen LogP contribution in [0.4, 0.5) is 0 Å². The van der Waals surface area contributed by atoms with Gasteiger partial charge in [-0.3, -0.25) is 4.90 Å². The zero-order valence-electron chi connectivity index (χ0n) is 15.9. The highest BCUT2D eigenvalue weighted by molar-refractivity contribution is 5.25. The first kappa shape index (κ1) is 21.7. The standard InChI is InChI=1S/C17H28N2O4.C2H6/c1-3-5-16-17(23-14-22-16)6-4-7-18-8-10-19(11-9-18)12-15(20)13-21-2;1-2/h3,5-6,15,20H,1,4,7-14H2,2H3;1-2H3/b16-5+,17-6+;. The first-order valence-corrected chi connectivity index (χ1v) is 9.13. The largest absolute Gasteiger partial charge is 0.454 e. The molecule has 1 N–H and O–H groups in total. The number of rotatable bonds is 8. The van der Waals surface area contributed by atoms with Gasteiger partial charge in [-0.1, -0.05) is 26.5 Å². The van der Waals surface area contributed by atoms with Gasteiger partial charge < -0.3 is 24.2 Å². The molecule has 0 radical (unpaired) electrons. The molecule has 6 nitrogen and oxygen atoms in total. The minimum Gasteiger partial charge on any atom is -0.454 e. The van der Waals surface area contributed by atoms with Crippen molar-refractivity contribution in [1.29, 1.82) is 0 Å². The van der Waals surface area contributed by atoms with Gasteiger partial charge in [0.1, 0.15) is 0 Å². The Labute approximate surface area is 152 Å². The third-order valence-corrected chi connectivity index (χ3v) is 4.01. The fourth-order valence-corrected chi connectivity index (χ4v) is 2.81. The number of hydrogen-bond acceptors (Lipinski definition) is 6. The maximum atomic E-state index is 9.77. The molecule has 2 aliphatic heterocycles. The Morgan fingerprint density at radius 1 is 1.16 bits per heavy atom. The number of allylic oxidation sites excluding steroid dienone is 2. The summed E-state index contributed by atoms with van der Waals surface area (Å²) >= 11 is 0. The third-order valence-electron chi connectivity index (χ3n) is 4.01. The molecule has 0 aromatic carbocycles. The van der Waals surface area contributed by atoms with Gasteiger partial charge in [-0.25, -0.2) is 0 Å². The van der Waals surface area contributed by atoms with Gasteiger partial charge in [0.25, 0.3) is 0 Å². The van der Waals surface area contributed by atoms with Crippen molar-refractivity contribution in [2.24, 2.45) is 0 Å². The van der Waals surface area contributed by atoms with Crippen LogP contribution in [0.1, 0.15) is 20.3 Å². The van der Waals surface area contributed by atoms with E-state index < -0.39 is 6.10 Å². The number of β-amino-alcohol motifs (C(OH)–C–C–N with tert-alkyl or cyclic N) is 1. The molecule has 2 fully saturated rings. The monoisotopic (exact) mass is 354 g/mol. The number of methoxy groups -OCH3 is 1. The lowest BCUT2D eigenvalue weighted by Gasteiger charge is -2.35. The Bertz CT molecular complexity index is 429. The van der Waals surface area contributed by atoms with Crippen molar-refractivity contribution in [1.82, 2.24) is 9.80 Å². The van der Waals surface area contributed by atoms with Crippen molar-refractivity contribution in [2.45, 2.75) is 26.4 Å². The molecule has 0 aromatic rings. The van der Waals surface area contributed by atoms with Crippen molar-refractivity contribution >= 4 is 0 Å². The van der Waals surface area contributed by atoms with Gasteiger partial charge in [0.2, 0.25) is 6.79 Å². The van der Waals surface area contributed by atoms with E-state index in [1.165, 1.54) is 0 Å². The van der Waals surface area contributed by atoms with Crippen LogP contribution in [0.2, 0.25) is 0 Å². The van der Waals surface area contributed by atoms with E-state index in [1.54, 1.807) is 13.2 Å². The summed E-state index contributed by atoms with van der Waals surface area (Å²) in [5, 5.41) is 9.77. The summed E-state index contributed by atoms with van der Waals surface area (Å²) in [7, 11) is 1.62. The van der Waals surface area contributed by atoms with Crippen molar-refractivity contribution in [2.75, 3.05) is 59.8 Å². The second kappa shape index (κ2) is 12.9. The molecule has 25 heavy (non-hydrogen) atoms. The molecule has 6 heteroatoms. The summed E-state index contributed by atoms with van der Waals surface area (Å²) in [4.78, 5) is 4.72. The van der Waals surface area contributed by atoms with Crippen LogP contribution < -0.4 is 0 Å². The number of ether oxygens (including phenoxy) is 3. The van der Waals surface area contributed by atoms with E-state index in [0.717, 1.165) is 50.7 Å². The number of hydrogen-bond donors (Lipinski definition) is 1. The molecule has 144 valence electrons. The lowest BCUT2D eigenvalue weighted by Crippen LogP contribution is -2.49. The quantitative estimate of drug-likeness (QED) is 0.719. The summed E-state index contributed by atoms with van der Waals surface area (Å²) in [5.41, 5.74) is 0. The van der Waals surface area contributed by atoms with Gasteiger partial charge in [-0.05, 0) is 18.6 Å². The summed E-state index contributed by atoms with van der Waals surface area (Å²) in [6.07, 6.45) is 6.14. The van der Waals surface area contributed by atoms with Crippen molar-refractivity contribution in [3.05, 3.63) is 36.3 Å². The van der Waals surface area contributed by atoms with Gasteiger partial charge in [-0.15, -0.1) is 0 Å². The lowest BCUT2D eigenvalue weighted by atomic mass is 10.2. The van der Waals surface area contributed by atoms with Crippen LogP contribution in [-0.4, -0.2) is 80.8 Å². The second-order valence-electron chi connectivity index (χ2n) is 5.78. The number of aliphatic hydroxyl groups is 1. The maximum Gasteiger partial charge on any atom is 0.231 e. The topological polar surface area (TPSA) is 54.4 Å². The van der Waals surface area contributed by atoms with Crippen molar-refractivity contribution in [3.8, 4) is 0 Å². The van der Waals surface area contributed by atoms with Gasteiger partial charge >= 0.3 is 0 Å². The highest BCUT2D eigenvalue weighted by Crippen LogP contribution is 2.21. The van der Waals surface area contributed by atoms with Gasteiger partial charge in [0.05, 0.1) is 12.7 Å². The third kappa shape index (κ3) is 8.05. The van der Waals surface area contributed by atoms with Crippen LogP contribution in [0.5, 0.6) is 0 Å². The predicted molar refractivity (Wildman–Crippen MR) is 100 cm³/mol. The Balaban J connectivity index is 0.00000151. The fraction of sp³-hybridized carbons (Fsp3) is 0.684. The van der Waals surface area contributed by atoms with Crippen LogP contribution in [-0.2, 0) is 14.2 Å². The minimum absolute atomic E-state index is 0.286. The summed E-state index contributed by atoms with van der Waals surface area (Å²) in [5.74, 6) is 1.57. The minimum atomic E-state index is -0.397. The molecule has 2 heterocycles. The van der Waals surface area contributed by atoms with Gasteiger partial charge in [0, 0.05) is 46.4 Å². The first-order chi connectivity index (χ1) is 12.2. The average Bonchev–Trinajstić information content (AvgIpc) is 3.06. The number of nitrogens with zero attached hydrogens (tertiary/aromatic N) is 2. The van der Waals surface area contributed by atoms with Crippen LogP contribution in [0, 0.1) is 0 Å². The van der Waals surface area contributed by atoms with Gasteiger partial charge in [-0.2, -0.15) is 0 Å². The molecule has 0 aromatic heterocycles. The number of piperazine rings is 1. The summed E-state index contributed by atoms with van der Waals surface area (Å²) in [6.45, 7) is 14.1. The molecular formula is C19H34N2O4. The average molecular weight is 354 g/mol. The zero-order chi connectivity index (χ0) is 18.5. The molecule has 0 aliphatic carbocycles. The predicted octanol–water partition coefficient (Wildman–Crippen LogP) is 1.99. The Kier molecular flexibility index (Phi) is 11.2. The lowest BCUT2D eigenvalue weighted by molar-refractivity contribution is 0.0241. The summed E-state index contributed by atoms with van der Waals surface area (Å²) in [6, 6.07) is 0. The molecule has 0 saturated carbocycles. The molecule has 0 amide bonds. The van der Waals surface area contributed by atoms with E-state index in [2.05, 4.69) is 22.5 Å². The molecule has 2 saturated heterocycles. The molecular weight excluding hydrogens is 320 g/mol. The normalized spacial score (nSPS) is 22.9. The molecule has 0 bridgehead atoms. The van der Waals surface area contributed by atoms with Crippen LogP contribution in [0.25, 0.3) is 0 Å². The van der Waals surface area contributed by atoms with Gasteiger partial charge in [0.15, 0.2) is 11.5 Å². The first-order valence-electron chi connectivity index (χ1n) is 9.13. The van der Waals surface area contributed by atoms with E-state index in [1.807, 2.05) is 19.9 Å². The zero-order valence-corrected chi connectivity index (χ0v) is 15.9. The van der Waals surface area contributed by atoms with Crippen LogP contribution in [0.3, 0.4) is 0 Å². The maximum absolute atomic E-state index is 9.77. The van der Waals surface area contributed by atoms with Crippen LogP contribution >= 0.6 is 0 Å². The second-order valence-corrected chi connectivity index (χ2v) is 5.78. The highest BCUT2D eigenvalue weighted by atomic mass is 16.7. The molecule has 2 rings (SSSR count). The van der Waals surface area contributed by atoms with Crippen molar-refractivity contribution in [3.63, 3.8) is 0 Å². The molecule has 1 unspecified atom stereocenters. The smallest absolute Gasteiger partial charge is 0.231 e. The summed E-state index contributed by atoms with van der Waals surface area (Å²) < 4.78 is 15.8.